The van der Waals surface area contributed by atoms with E-state index in [9.17, 15) is 8.78 Å². The lowest BCUT2D eigenvalue weighted by molar-refractivity contribution is -0.0942. The van der Waals surface area contributed by atoms with Crippen LogP contribution in [0, 0.1) is 0 Å². The molecular weight excluding hydrogens is 352 g/mol. The fraction of sp³-hybridized carbons (Fsp3) is 0.429. The molecule has 10 nitrogen and oxygen atoms in total. The van der Waals surface area contributed by atoms with Crippen LogP contribution >= 0.6 is 0 Å². The predicted molar refractivity (Wildman–Crippen MR) is 84.4 cm³/mol. The van der Waals surface area contributed by atoms with Gasteiger partial charge in [-0.3, -0.25) is 0 Å². The number of aromatic nitrogens is 6. The van der Waals surface area contributed by atoms with Crippen molar-refractivity contribution in [1.82, 2.24) is 29.9 Å². The molecule has 0 unspecified atom stereocenters. The zero-order valence-corrected chi connectivity index (χ0v) is 13.4. The molecule has 26 heavy (non-hydrogen) atoms. The summed E-state index contributed by atoms with van der Waals surface area (Å²) in [6.45, 7) is -0.821. The van der Waals surface area contributed by atoms with Crippen LogP contribution in [0.15, 0.2) is 18.5 Å². The quantitative estimate of drug-likeness (QED) is 0.671. The van der Waals surface area contributed by atoms with Gasteiger partial charge in [-0.1, -0.05) is 0 Å². The van der Waals surface area contributed by atoms with Gasteiger partial charge in [0.05, 0.1) is 38.8 Å². The standard InChI is InChI=1S/C14H15F2N7O3/c15-14(16)26-12-3-10(21-22-12)19-11-5-17-9-4-18-23(13(9)20-11)6-8-7-24-1-2-25-8/h3-5,8,14H,1-2,6-7H2,(H2,19,20,21,22)/t8-/m0/s1. The summed E-state index contributed by atoms with van der Waals surface area (Å²) in [4.78, 5) is 8.73. The first-order chi connectivity index (χ1) is 12.7. The molecule has 4 rings (SSSR count). The van der Waals surface area contributed by atoms with Gasteiger partial charge in [-0.05, 0) is 0 Å². The van der Waals surface area contributed by atoms with Crippen LogP contribution in [-0.4, -0.2) is 62.5 Å². The van der Waals surface area contributed by atoms with Crippen molar-refractivity contribution in [1.29, 1.82) is 0 Å². The minimum atomic E-state index is -2.93. The summed E-state index contributed by atoms with van der Waals surface area (Å²) in [6.07, 6.45) is 3.00. The smallest absolute Gasteiger partial charge is 0.388 e. The maximum absolute atomic E-state index is 12.2. The Labute approximate surface area is 145 Å². The van der Waals surface area contributed by atoms with Gasteiger partial charge in [-0.2, -0.15) is 19.0 Å². The number of halogens is 2. The molecule has 1 fully saturated rings. The lowest BCUT2D eigenvalue weighted by Crippen LogP contribution is -2.32. The number of H-pyrrole nitrogens is 1. The van der Waals surface area contributed by atoms with E-state index in [4.69, 9.17) is 9.47 Å². The molecule has 1 atom stereocenters. The van der Waals surface area contributed by atoms with E-state index in [1.807, 2.05) is 0 Å². The molecule has 0 saturated carbocycles. The third kappa shape index (κ3) is 3.70. The second-order valence-corrected chi connectivity index (χ2v) is 5.48. The van der Waals surface area contributed by atoms with Gasteiger partial charge in [0, 0.05) is 6.07 Å². The van der Waals surface area contributed by atoms with Gasteiger partial charge in [-0.15, -0.1) is 0 Å². The number of fused-ring (bicyclic) bond motifs is 1. The van der Waals surface area contributed by atoms with Crippen molar-refractivity contribution in [2.45, 2.75) is 19.3 Å². The summed E-state index contributed by atoms with van der Waals surface area (Å²) in [6, 6.07) is 1.29. The maximum atomic E-state index is 12.2. The second kappa shape index (κ2) is 7.17. The molecule has 2 N–H and O–H groups in total. The normalized spacial score (nSPS) is 17.7. The fourth-order valence-corrected chi connectivity index (χ4v) is 2.53. The predicted octanol–water partition coefficient (Wildman–Crippen LogP) is 1.31. The minimum absolute atomic E-state index is 0.106. The first kappa shape index (κ1) is 16.6. The van der Waals surface area contributed by atoms with E-state index in [1.54, 1.807) is 10.9 Å². The molecule has 0 aromatic carbocycles. The Kier molecular flexibility index (Phi) is 4.58. The number of anilines is 2. The Morgan fingerprint density at radius 2 is 2.27 bits per heavy atom. The molecule has 1 saturated heterocycles. The number of ether oxygens (including phenoxy) is 3. The van der Waals surface area contributed by atoms with Crippen LogP contribution in [-0.2, 0) is 16.0 Å². The van der Waals surface area contributed by atoms with E-state index in [0.29, 0.717) is 43.3 Å². The molecule has 3 aromatic heterocycles. The number of rotatable bonds is 6. The molecule has 1 aliphatic heterocycles. The lowest BCUT2D eigenvalue weighted by Gasteiger charge is -2.22. The zero-order chi connectivity index (χ0) is 17.9. The third-order valence-electron chi connectivity index (χ3n) is 3.63. The van der Waals surface area contributed by atoms with Crippen molar-refractivity contribution in [2.75, 3.05) is 25.1 Å². The average Bonchev–Trinajstić information content (AvgIpc) is 3.22. The summed E-state index contributed by atoms with van der Waals surface area (Å²) >= 11 is 0. The van der Waals surface area contributed by atoms with Crippen LogP contribution in [0.25, 0.3) is 11.2 Å². The topological polar surface area (TPSA) is 112 Å². The van der Waals surface area contributed by atoms with Crippen molar-refractivity contribution in [2.24, 2.45) is 0 Å². The lowest BCUT2D eigenvalue weighted by atomic mass is 10.3. The molecule has 1 aliphatic rings. The van der Waals surface area contributed by atoms with Crippen molar-refractivity contribution >= 4 is 22.8 Å². The molecule has 3 aromatic rings. The Morgan fingerprint density at radius 3 is 3.08 bits per heavy atom. The highest BCUT2D eigenvalue weighted by molar-refractivity contribution is 5.71. The highest BCUT2D eigenvalue weighted by Crippen LogP contribution is 2.20. The molecule has 0 amide bonds. The minimum Gasteiger partial charge on any atom is -0.417 e. The van der Waals surface area contributed by atoms with E-state index in [-0.39, 0.29) is 17.8 Å². The number of nitrogens with zero attached hydrogens (tertiary/aromatic N) is 5. The van der Waals surface area contributed by atoms with E-state index in [1.165, 1.54) is 12.3 Å². The SMILES string of the molecule is FC(F)Oc1cc(Nc2cnc3cnn(C[C@H]4COCCO4)c3n2)n[nH]1. The molecule has 138 valence electrons. The molecule has 0 spiro atoms. The summed E-state index contributed by atoms with van der Waals surface area (Å²) in [5.41, 5.74) is 1.18. The van der Waals surface area contributed by atoms with Crippen LogP contribution in [0.4, 0.5) is 20.4 Å². The summed E-state index contributed by atoms with van der Waals surface area (Å²) in [5, 5.41) is 13.3. The highest BCUT2D eigenvalue weighted by Gasteiger charge is 2.18. The average molecular weight is 367 g/mol. The van der Waals surface area contributed by atoms with Crippen molar-refractivity contribution in [3.8, 4) is 5.88 Å². The van der Waals surface area contributed by atoms with Gasteiger partial charge in [0.2, 0.25) is 5.88 Å². The van der Waals surface area contributed by atoms with E-state index in [0.717, 1.165) is 0 Å². The van der Waals surface area contributed by atoms with Crippen LogP contribution in [0.5, 0.6) is 5.88 Å². The first-order valence-electron chi connectivity index (χ1n) is 7.82. The van der Waals surface area contributed by atoms with Gasteiger partial charge in [0.1, 0.15) is 11.6 Å². The third-order valence-corrected chi connectivity index (χ3v) is 3.63. The molecule has 0 aliphatic carbocycles. The molecular formula is C14H15F2N7O3. The molecule has 4 heterocycles. The Morgan fingerprint density at radius 1 is 1.35 bits per heavy atom. The molecule has 0 radical (unpaired) electrons. The van der Waals surface area contributed by atoms with Crippen molar-refractivity contribution in [3.05, 3.63) is 18.5 Å². The van der Waals surface area contributed by atoms with Crippen molar-refractivity contribution < 1.29 is 23.0 Å². The first-order valence-corrected chi connectivity index (χ1v) is 7.82. The fourth-order valence-electron chi connectivity index (χ4n) is 2.53. The van der Waals surface area contributed by atoms with Crippen LogP contribution in [0.3, 0.4) is 0 Å². The highest BCUT2D eigenvalue weighted by atomic mass is 19.3. The Balaban J connectivity index is 1.51. The number of hydrogen-bond acceptors (Lipinski definition) is 8. The Bertz CT molecular complexity index is 878. The van der Waals surface area contributed by atoms with Gasteiger partial charge < -0.3 is 19.5 Å². The van der Waals surface area contributed by atoms with E-state index in [2.05, 4.69) is 35.3 Å². The number of aromatic amines is 1. The molecule has 0 bridgehead atoms. The summed E-state index contributed by atoms with van der Waals surface area (Å²) < 4.78 is 41.3. The van der Waals surface area contributed by atoms with Crippen LogP contribution < -0.4 is 10.1 Å². The van der Waals surface area contributed by atoms with Gasteiger partial charge in [-0.25, -0.2) is 19.7 Å². The molecule has 12 heteroatoms. The van der Waals surface area contributed by atoms with E-state index < -0.39 is 6.61 Å². The maximum Gasteiger partial charge on any atom is 0.388 e. The van der Waals surface area contributed by atoms with Crippen molar-refractivity contribution in [3.63, 3.8) is 0 Å². The summed E-state index contributed by atoms with van der Waals surface area (Å²) in [5.74, 6) is 0.496. The largest absolute Gasteiger partial charge is 0.417 e. The monoisotopic (exact) mass is 367 g/mol. The number of nitrogens with one attached hydrogen (secondary N) is 2. The Hall–Kier alpha value is -2.86. The second-order valence-electron chi connectivity index (χ2n) is 5.48. The van der Waals surface area contributed by atoms with Gasteiger partial charge in [0.15, 0.2) is 17.3 Å². The zero-order valence-electron chi connectivity index (χ0n) is 13.4. The van der Waals surface area contributed by atoms with Crippen LogP contribution in [0.2, 0.25) is 0 Å². The van der Waals surface area contributed by atoms with Gasteiger partial charge >= 0.3 is 6.61 Å². The summed E-state index contributed by atoms with van der Waals surface area (Å²) in [7, 11) is 0. The number of hydrogen-bond donors (Lipinski definition) is 2. The number of alkyl halides is 2. The van der Waals surface area contributed by atoms with E-state index >= 15 is 0 Å². The van der Waals surface area contributed by atoms with Gasteiger partial charge in [0.25, 0.3) is 0 Å². The van der Waals surface area contributed by atoms with Crippen LogP contribution in [0.1, 0.15) is 0 Å².